The van der Waals surface area contributed by atoms with Gasteiger partial charge >= 0.3 is 17.8 Å². The minimum Gasteiger partial charge on any atom is -0.447 e. The highest BCUT2D eigenvalue weighted by Gasteiger charge is 2.33. The van der Waals surface area contributed by atoms with Crippen molar-refractivity contribution in [2.45, 2.75) is 59.3 Å². The monoisotopic (exact) mass is 529 g/mol. The Labute approximate surface area is 217 Å². The molecule has 2 heterocycles. The molecular formula is C25H28FN5O7. The van der Waals surface area contributed by atoms with Gasteiger partial charge < -0.3 is 19.2 Å². The van der Waals surface area contributed by atoms with Crippen LogP contribution in [0.5, 0.6) is 5.75 Å². The van der Waals surface area contributed by atoms with Crippen LogP contribution in [0.2, 0.25) is 0 Å². The molecule has 0 bridgehead atoms. The summed E-state index contributed by atoms with van der Waals surface area (Å²) in [6, 6.07) is 5.65. The Bertz CT molecular complexity index is 1410. The van der Waals surface area contributed by atoms with Crippen molar-refractivity contribution >= 4 is 17.7 Å². The number of carbonyl (C=O) groups excluding carboxylic acids is 3. The van der Waals surface area contributed by atoms with Crippen molar-refractivity contribution in [2.24, 2.45) is 7.05 Å². The molecule has 1 aromatic carbocycles. The van der Waals surface area contributed by atoms with Gasteiger partial charge in [-0.05, 0) is 38.0 Å². The number of hydrogen-bond acceptors (Lipinski definition) is 10. The largest absolute Gasteiger partial charge is 0.447 e. The van der Waals surface area contributed by atoms with Crippen molar-refractivity contribution in [2.75, 3.05) is 0 Å². The lowest BCUT2D eigenvalue weighted by molar-refractivity contribution is -0.158. The molecule has 0 aliphatic carbocycles. The molecule has 3 rings (SSSR count). The number of halogens is 1. The Balaban J connectivity index is 2.00. The van der Waals surface area contributed by atoms with Crippen LogP contribution in [0.3, 0.4) is 0 Å². The first-order chi connectivity index (χ1) is 17.8. The van der Waals surface area contributed by atoms with Gasteiger partial charge in [-0.15, -0.1) is 10.2 Å². The third kappa shape index (κ3) is 6.66. The maximum absolute atomic E-state index is 13.4. The molecule has 0 fully saturated rings. The molecule has 12 nitrogen and oxygen atoms in total. The van der Waals surface area contributed by atoms with Gasteiger partial charge in [0.05, 0.1) is 5.54 Å². The van der Waals surface area contributed by atoms with Crippen LogP contribution in [0.1, 0.15) is 72.6 Å². The van der Waals surface area contributed by atoms with Gasteiger partial charge in [-0.3, -0.25) is 23.7 Å². The summed E-state index contributed by atoms with van der Waals surface area (Å²) in [7, 11) is 1.39. The first-order valence-corrected chi connectivity index (χ1v) is 11.6. The van der Waals surface area contributed by atoms with Crippen LogP contribution < -0.4 is 15.6 Å². The number of Topliss-reactive ketones (excluding diaryl/α,β-unsaturated/α-hetero) is 1. The number of amides is 1. The van der Waals surface area contributed by atoms with Gasteiger partial charge in [0.2, 0.25) is 17.9 Å². The van der Waals surface area contributed by atoms with E-state index in [2.05, 4.69) is 20.5 Å². The predicted molar refractivity (Wildman–Crippen MR) is 130 cm³/mol. The minimum absolute atomic E-state index is 0.0321. The maximum atomic E-state index is 13.4. The molecule has 1 N–H and O–H groups in total. The number of hydrogen-bond donors (Lipinski definition) is 1. The molecule has 0 aliphatic heterocycles. The lowest BCUT2D eigenvalue weighted by Crippen LogP contribution is -2.46. The number of ether oxygens (including phenoxy) is 2. The highest BCUT2D eigenvalue weighted by molar-refractivity contribution is 5.97. The zero-order valence-corrected chi connectivity index (χ0v) is 21.8. The quantitative estimate of drug-likeness (QED) is 0.235. The van der Waals surface area contributed by atoms with Gasteiger partial charge in [0.15, 0.2) is 11.5 Å². The van der Waals surface area contributed by atoms with Crippen molar-refractivity contribution < 1.29 is 32.7 Å². The molecule has 1 amide bonds. The number of carbonyl (C=O) groups is 3. The Kier molecular flexibility index (Phi) is 8.39. The van der Waals surface area contributed by atoms with Gasteiger partial charge in [0.1, 0.15) is 11.6 Å². The summed E-state index contributed by atoms with van der Waals surface area (Å²) in [4.78, 5) is 55.1. The lowest BCUT2D eigenvalue weighted by atomic mass is 10.0. The number of rotatable bonds is 10. The molecule has 0 saturated carbocycles. The molecule has 13 heteroatoms. The van der Waals surface area contributed by atoms with Crippen molar-refractivity contribution in [3.8, 4) is 5.75 Å². The van der Waals surface area contributed by atoms with Crippen molar-refractivity contribution in [1.82, 2.24) is 25.1 Å². The second-order valence-electron chi connectivity index (χ2n) is 9.03. The summed E-state index contributed by atoms with van der Waals surface area (Å²) >= 11 is 0. The molecule has 202 valence electrons. The molecule has 0 saturated heterocycles. The fourth-order valence-electron chi connectivity index (χ4n) is 3.67. The zero-order valence-electron chi connectivity index (χ0n) is 21.8. The highest BCUT2D eigenvalue weighted by atomic mass is 19.1. The smallest absolute Gasteiger partial charge is 0.309 e. The second kappa shape index (κ2) is 11.3. The molecule has 0 spiro atoms. The molecule has 1 unspecified atom stereocenters. The van der Waals surface area contributed by atoms with Gasteiger partial charge in [-0.1, -0.05) is 12.1 Å². The molecule has 0 aliphatic rings. The first kappa shape index (κ1) is 28.2. The van der Waals surface area contributed by atoms with E-state index in [9.17, 15) is 23.6 Å². The molecular weight excluding hydrogens is 501 g/mol. The van der Waals surface area contributed by atoms with Crippen molar-refractivity contribution in [3.63, 3.8) is 0 Å². The lowest BCUT2D eigenvalue weighted by Gasteiger charge is -2.28. The van der Waals surface area contributed by atoms with E-state index in [1.54, 1.807) is 26.0 Å². The topological polar surface area (TPSA) is 156 Å². The maximum Gasteiger partial charge on any atom is 0.309 e. The number of benzene rings is 1. The first-order valence-electron chi connectivity index (χ1n) is 11.6. The number of nitrogens with one attached hydrogen (secondary N) is 1. The molecule has 38 heavy (non-hydrogen) atoms. The van der Waals surface area contributed by atoms with E-state index in [0.29, 0.717) is 5.56 Å². The summed E-state index contributed by atoms with van der Waals surface area (Å²) in [6.07, 6.45) is -1.04. The Morgan fingerprint density at radius 2 is 1.84 bits per heavy atom. The number of aromatic nitrogens is 4. The fraction of sp³-hybridized carbons (Fsp3) is 0.400. The van der Waals surface area contributed by atoms with Crippen LogP contribution in [0.15, 0.2) is 33.5 Å². The minimum atomic E-state index is -1.29. The molecule has 3 aromatic rings. The van der Waals surface area contributed by atoms with Crippen LogP contribution in [0.25, 0.3) is 0 Å². The van der Waals surface area contributed by atoms with E-state index in [1.807, 2.05) is 0 Å². The van der Waals surface area contributed by atoms with E-state index >= 15 is 0 Å². The van der Waals surface area contributed by atoms with Crippen molar-refractivity contribution in [3.05, 3.63) is 69.3 Å². The summed E-state index contributed by atoms with van der Waals surface area (Å²) in [5.41, 5.74) is -1.64. The van der Waals surface area contributed by atoms with E-state index < -0.39 is 46.6 Å². The van der Waals surface area contributed by atoms with E-state index in [4.69, 9.17) is 13.9 Å². The number of aryl methyl sites for hydroxylation is 2. The van der Waals surface area contributed by atoms with Gasteiger partial charge in [0, 0.05) is 34.2 Å². The number of esters is 1. The average Bonchev–Trinajstić information content (AvgIpc) is 3.27. The predicted octanol–water partition coefficient (Wildman–Crippen LogP) is 2.38. The Morgan fingerprint density at radius 1 is 1.18 bits per heavy atom. The number of ketones is 1. The normalized spacial score (nSPS) is 12.1. The highest BCUT2D eigenvalue weighted by Crippen LogP contribution is 2.23. The summed E-state index contributed by atoms with van der Waals surface area (Å²) in [5, 5.41) is 9.98. The second-order valence-corrected chi connectivity index (χ2v) is 9.03. The van der Waals surface area contributed by atoms with E-state index in [1.165, 1.54) is 40.0 Å². The summed E-state index contributed by atoms with van der Waals surface area (Å²) < 4.78 is 30.0. The van der Waals surface area contributed by atoms with Crippen LogP contribution in [0.4, 0.5) is 4.39 Å². The molecule has 1 atom stereocenters. The Morgan fingerprint density at radius 3 is 2.42 bits per heavy atom. The van der Waals surface area contributed by atoms with Crippen LogP contribution >= 0.6 is 0 Å². The third-order valence-corrected chi connectivity index (χ3v) is 5.39. The van der Waals surface area contributed by atoms with Crippen molar-refractivity contribution in [1.29, 1.82) is 0 Å². The standard InChI is InChI=1S/C25H28FN5O7/c1-13-29-30-22(36-13)21(34)28-25(4,5)24-27-19(18(33)12-9-16-7-10-17(26)11-8-16)20(23(35)31(24)6)38-15(3)37-14(2)32/h7-8,10-11,15H,9,12H2,1-6H3,(H,28,34). The van der Waals surface area contributed by atoms with Gasteiger partial charge in [0.25, 0.3) is 5.56 Å². The van der Waals surface area contributed by atoms with Crippen LogP contribution in [-0.4, -0.2) is 43.7 Å². The third-order valence-electron chi connectivity index (χ3n) is 5.39. The zero-order chi connectivity index (χ0) is 28.2. The SMILES string of the molecule is CC(=O)OC(C)Oc1c(C(=O)CCc2ccc(F)cc2)nc(C(C)(C)NC(=O)c2nnc(C)o2)n(C)c1=O. The van der Waals surface area contributed by atoms with E-state index in [0.717, 1.165) is 4.57 Å². The molecule has 0 radical (unpaired) electrons. The fourth-order valence-corrected chi connectivity index (χ4v) is 3.67. The average molecular weight is 530 g/mol. The van der Waals surface area contributed by atoms with Crippen LogP contribution in [0, 0.1) is 12.7 Å². The van der Waals surface area contributed by atoms with Gasteiger partial charge in [-0.2, -0.15) is 0 Å². The Hall–Kier alpha value is -4.42. The number of nitrogens with zero attached hydrogens (tertiary/aromatic N) is 4. The van der Waals surface area contributed by atoms with Crippen LogP contribution in [-0.2, 0) is 28.5 Å². The summed E-state index contributed by atoms with van der Waals surface area (Å²) in [5.74, 6) is -2.79. The van der Waals surface area contributed by atoms with E-state index in [-0.39, 0.29) is 36.1 Å². The van der Waals surface area contributed by atoms with Gasteiger partial charge in [-0.25, -0.2) is 9.37 Å². The molecule has 2 aromatic heterocycles. The summed E-state index contributed by atoms with van der Waals surface area (Å²) in [6.45, 7) is 7.23.